The van der Waals surface area contributed by atoms with Crippen LogP contribution in [0.3, 0.4) is 0 Å². The monoisotopic (exact) mass is 90.0 g/mol. The van der Waals surface area contributed by atoms with Gasteiger partial charge in [0.05, 0.1) is 6.33 Å². The van der Waals surface area contributed by atoms with Gasteiger partial charge in [0.15, 0.2) is 0 Å². The first-order valence-electron chi connectivity index (χ1n) is 1.67. The standard InChI is InChI=1S/C3H7FSi/c4-2-1-3-5/h1-2H,3H2,5H3. The quantitative estimate of drug-likeness (QED) is 0.405. The largest absolute Gasteiger partial charge is 0.216 e. The van der Waals surface area contributed by atoms with E-state index in [4.69, 9.17) is 0 Å². The van der Waals surface area contributed by atoms with Gasteiger partial charge in [0.25, 0.3) is 0 Å². The average molecular weight is 90.2 g/mol. The smallest absolute Gasteiger partial charge is 0.0823 e. The Hall–Kier alpha value is -0.113. The molecule has 0 aliphatic carbocycles. The summed E-state index contributed by atoms with van der Waals surface area (Å²) >= 11 is 0. The summed E-state index contributed by atoms with van der Waals surface area (Å²) in [5.74, 6) is 0. The van der Waals surface area contributed by atoms with Crippen molar-refractivity contribution in [3.8, 4) is 0 Å². The van der Waals surface area contributed by atoms with Crippen LogP contribution in [0.5, 0.6) is 0 Å². The van der Waals surface area contributed by atoms with Crippen LogP contribution >= 0.6 is 0 Å². The second kappa shape index (κ2) is 3.89. The fourth-order valence-electron chi connectivity index (χ4n) is 0.0891. The van der Waals surface area contributed by atoms with E-state index >= 15 is 0 Å². The molecule has 0 aromatic carbocycles. The van der Waals surface area contributed by atoms with E-state index in [0.29, 0.717) is 6.33 Å². The summed E-state index contributed by atoms with van der Waals surface area (Å²) in [5.41, 5.74) is 0. The number of halogens is 1. The van der Waals surface area contributed by atoms with E-state index in [1.54, 1.807) is 0 Å². The van der Waals surface area contributed by atoms with Crippen molar-refractivity contribution in [2.75, 3.05) is 0 Å². The van der Waals surface area contributed by atoms with Crippen molar-refractivity contribution in [3.63, 3.8) is 0 Å². The van der Waals surface area contributed by atoms with Gasteiger partial charge < -0.3 is 0 Å². The van der Waals surface area contributed by atoms with Crippen LogP contribution in [0.4, 0.5) is 4.39 Å². The number of hydrogen-bond donors (Lipinski definition) is 0. The normalized spacial score (nSPS) is 10.6. The van der Waals surface area contributed by atoms with E-state index in [-0.39, 0.29) is 0 Å². The van der Waals surface area contributed by atoms with Gasteiger partial charge >= 0.3 is 0 Å². The van der Waals surface area contributed by atoms with Crippen LogP contribution in [0.2, 0.25) is 6.04 Å². The summed E-state index contributed by atoms with van der Waals surface area (Å²) in [5, 5.41) is 0. The van der Waals surface area contributed by atoms with Gasteiger partial charge in [0, 0.05) is 10.2 Å². The molecule has 0 unspecified atom stereocenters. The molecule has 0 spiro atoms. The zero-order valence-electron chi connectivity index (χ0n) is 3.24. The first-order valence-corrected chi connectivity index (χ1v) is 3.08. The maximum Gasteiger partial charge on any atom is 0.0823 e. The predicted octanol–water partition coefficient (Wildman–Crippen LogP) is 0.253. The Morgan fingerprint density at radius 2 is 2.40 bits per heavy atom. The molecule has 0 radical (unpaired) electrons. The average Bonchev–Trinajstić information content (AvgIpc) is 1.41. The third-order valence-electron chi connectivity index (χ3n) is 0.325. The molecule has 2 heteroatoms. The predicted molar refractivity (Wildman–Crippen MR) is 25.0 cm³/mol. The summed E-state index contributed by atoms with van der Waals surface area (Å²) in [6.07, 6.45) is 2.11. The molecule has 0 aromatic heterocycles. The molecule has 0 N–H and O–H groups in total. The molecule has 0 aliphatic rings. The second-order valence-corrected chi connectivity index (χ2v) is 1.59. The summed E-state index contributed by atoms with van der Waals surface area (Å²) in [4.78, 5) is 0. The first kappa shape index (κ1) is 4.89. The van der Waals surface area contributed by atoms with Crippen LogP contribution in [0.1, 0.15) is 0 Å². The molecule has 0 saturated heterocycles. The Morgan fingerprint density at radius 1 is 1.80 bits per heavy atom. The van der Waals surface area contributed by atoms with Crippen molar-refractivity contribution >= 4 is 10.2 Å². The van der Waals surface area contributed by atoms with Crippen LogP contribution in [-0.2, 0) is 0 Å². The van der Waals surface area contributed by atoms with Crippen molar-refractivity contribution in [3.05, 3.63) is 12.4 Å². The summed E-state index contributed by atoms with van der Waals surface area (Å²) in [6.45, 7) is 0. The Balaban J connectivity index is 2.62. The maximum atomic E-state index is 10.8. The van der Waals surface area contributed by atoms with Crippen LogP contribution < -0.4 is 0 Å². The number of allylic oxidation sites excluding steroid dienone is 1. The SMILES string of the molecule is FC=CC[SiH3]. The lowest BCUT2D eigenvalue weighted by atomic mass is 10.7. The fourth-order valence-corrected chi connectivity index (χ4v) is 0.267. The molecule has 0 bridgehead atoms. The molecule has 0 amide bonds. The summed E-state index contributed by atoms with van der Waals surface area (Å²) in [6, 6.07) is 0.927. The van der Waals surface area contributed by atoms with E-state index in [1.807, 2.05) is 0 Å². The highest BCUT2D eigenvalue weighted by Crippen LogP contribution is 1.73. The van der Waals surface area contributed by atoms with Crippen LogP contribution in [0.25, 0.3) is 0 Å². The molecule has 0 saturated carbocycles. The topological polar surface area (TPSA) is 0 Å². The molecule has 0 atom stereocenters. The van der Waals surface area contributed by atoms with Crippen LogP contribution in [-0.4, -0.2) is 10.2 Å². The second-order valence-electron chi connectivity index (χ2n) is 0.770. The molecule has 0 fully saturated rings. The molecular formula is C3H7FSi. The lowest BCUT2D eigenvalue weighted by Gasteiger charge is -1.62. The molecule has 0 heterocycles. The highest BCUT2D eigenvalue weighted by molar-refractivity contribution is 6.09. The number of rotatable bonds is 1. The lowest BCUT2D eigenvalue weighted by Crippen LogP contribution is -1.50. The molecule has 0 nitrogen and oxygen atoms in total. The van der Waals surface area contributed by atoms with E-state index in [1.165, 1.54) is 6.08 Å². The van der Waals surface area contributed by atoms with Gasteiger partial charge in [-0.2, -0.15) is 0 Å². The van der Waals surface area contributed by atoms with Crippen molar-refractivity contribution in [2.24, 2.45) is 0 Å². The zero-order chi connectivity index (χ0) is 4.12. The third-order valence-corrected chi connectivity index (χ3v) is 0.796. The molecule has 0 aromatic rings. The summed E-state index contributed by atoms with van der Waals surface area (Å²) < 4.78 is 10.8. The molecule has 5 heavy (non-hydrogen) atoms. The van der Waals surface area contributed by atoms with E-state index in [9.17, 15) is 4.39 Å². The lowest BCUT2D eigenvalue weighted by molar-refractivity contribution is 0.719. The van der Waals surface area contributed by atoms with Gasteiger partial charge in [0.2, 0.25) is 0 Å². The van der Waals surface area contributed by atoms with Gasteiger partial charge in [-0.15, -0.1) is 0 Å². The van der Waals surface area contributed by atoms with E-state index in [2.05, 4.69) is 0 Å². The molecule has 0 aliphatic heterocycles. The Morgan fingerprint density at radius 3 is 2.40 bits per heavy atom. The first-order chi connectivity index (χ1) is 2.41. The van der Waals surface area contributed by atoms with Gasteiger partial charge in [-0.25, -0.2) is 4.39 Å². The van der Waals surface area contributed by atoms with Crippen molar-refractivity contribution in [2.45, 2.75) is 6.04 Å². The van der Waals surface area contributed by atoms with Crippen LogP contribution in [0, 0.1) is 0 Å². The minimum atomic E-state index is 0.590. The molecular weight excluding hydrogens is 83.1 g/mol. The Labute approximate surface area is 34.1 Å². The van der Waals surface area contributed by atoms with Gasteiger partial charge in [-0.05, 0) is 6.04 Å². The van der Waals surface area contributed by atoms with Crippen LogP contribution in [0.15, 0.2) is 12.4 Å². The van der Waals surface area contributed by atoms with E-state index < -0.39 is 0 Å². The van der Waals surface area contributed by atoms with Gasteiger partial charge in [-0.1, -0.05) is 6.08 Å². The minimum absolute atomic E-state index is 0.590. The van der Waals surface area contributed by atoms with E-state index in [0.717, 1.165) is 16.3 Å². The fraction of sp³-hybridized carbons (Fsp3) is 0.333. The van der Waals surface area contributed by atoms with Crippen molar-refractivity contribution in [1.82, 2.24) is 0 Å². The zero-order valence-corrected chi connectivity index (χ0v) is 5.24. The minimum Gasteiger partial charge on any atom is -0.216 e. The van der Waals surface area contributed by atoms with Crippen molar-refractivity contribution in [1.29, 1.82) is 0 Å². The highest BCUT2D eigenvalue weighted by atomic mass is 28.1. The Kier molecular flexibility index (Phi) is 3.80. The molecule has 30 valence electrons. The van der Waals surface area contributed by atoms with Gasteiger partial charge in [0.1, 0.15) is 0 Å². The number of hydrogen-bond acceptors (Lipinski definition) is 0. The van der Waals surface area contributed by atoms with Gasteiger partial charge in [-0.3, -0.25) is 0 Å². The third kappa shape index (κ3) is 3.89. The Bertz CT molecular complexity index is 33.9. The highest BCUT2D eigenvalue weighted by Gasteiger charge is 1.55. The molecule has 0 rings (SSSR count). The maximum absolute atomic E-state index is 10.8. The summed E-state index contributed by atoms with van der Waals surface area (Å²) in [7, 11) is 1.07. The van der Waals surface area contributed by atoms with Crippen molar-refractivity contribution < 1.29 is 4.39 Å².